The molecule has 1 heterocycles. The molecule has 6 heteroatoms. The van der Waals surface area contributed by atoms with Gasteiger partial charge in [-0.15, -0.1) is 0 Å². The molecule has 1 saturated carbocycles. The number of amides is 2. The zero-order valence-electron chi connectivity index (χ0n) is 14.6. The molecular formula is C19H26N4O2. The molecule has 2 N–H and O–H groups in total. The molecule has 1 aromatic heterocycles. The molecule has 1 aliphatic carbocycles. The van der Waals surface area contributed by atoms with Crippen LogP contribution in [0.4, 0.5) is 4.79 Å². The molecule has 134 valence electrons. The molecule has 3 unspecified atom stereocenters. The Kier molecular flexibility index (Phi) is 5.71. The van der Waals surface area contributed by atoms with Crippen LogP contribution in [0.2, 0.25) is 0 Å². The van der Waals surface area contributed by atoms with E-state index < -0.39 is 0 Å². The first-order valence-electron chi connectivity index (χ1n) is 8.85. The van der Waals surface area contributed by atoms with Crippen molar-refractivity contribution in [3.05, 3.63) is 54.4 Å². The normalized spacial score (nSPS) is 21.0. The maximum absolute atomic E-state index is 12.7. The first-order chi connectivity index (χ1) is 12.1. The molecule has 0 spiro atoms. The van der Waals surface area contributed by atoms with E-state index in [9.17, 15) is 9.90 Å². The highest BCUT2D eigenvalue weighted by Gasteiger charge is 2.28. The van der Waals surface area contributed by atoms with Gasteiger partial charge in [-0.3, -0.25) is 4.68 Å². The van der Waals surface area contributed by atoms with Gasteiger partial charge in [-0.05, 0) is 24.5 Å². The molecule has 0 saturated heterocycles. The van der Waals surface area contributed by atoms with Crippen molar-refractivity contribution < 1.29 is 9.90 Å². The first kappa shape index (κ1) is 17.5. The van der Waals surface area contributed by atoms with Crippen LogP contribution in [-0.2, 0) is 6.54 Å². The lowest BCUT2D eigenvalue weighted by atomic mass is 10.1. The minimum Gasteiger partial charge on any atom is -0.393 e. The Bertz CT molecular complexity index is 659. The van der Waals surface area contributed by atoms with Crippen LogP contribution in [0, 0.1) is 5.92 Å². The molecule has 0 radical (unpaired) electrons. The summed E-state index contributed by atoms with van der Waals surface area (Å²) >= 11 is 0. The van der Waals surface area contributed by atoms with Gasteiger partial charge in [-0.1, -0.05) is 36.8 Å². The summed E-state index contributed by atoms with van der Waals surface area (Å²) in [6, 6.07) is 11.5. The van der Waals surface area contributed by atoms with Crippen LogP contribution in [0.3, 0.4) is 0 Å². The van der Waals surface area contributed by atoms with Gasteiger partial charge >= 0.3 is 6.03 Å². The van der Waals surface area contributed by atoms with Crippen molar-refractivity contribution in [3.8, 4) is 0 Å². The number of nitrogens with zero attached hydrogens (tertiary/aromatic N) is 3. The zero-order valence-corrected chi connectivity index (χ0v) is 14.6. The number of benzene rings is 1. The van der Waals surface area contributed by atoms with Gasteiger partial charge in [-0.25, -0.2) is 4.79 Å². The van der Waals surface area contributed by atoms with E-state index in [2.05, 4.69) is 10.4 Å². The summed E-state index contributed by atoms with van der Waals surface area (Å²) in [6.07, 6.45) is 6.19. The molecule has 25 heavy (non-hydrogen) atoms. The van der Waals surface area contributed by atoms with E-state index in [4.69, 9.17) is 0 Å². The molecule has 2 aromatic rings. The molecule has 3 atom stereocenters. The van der Waals surface area contributed by atoms with Crippen LogP contribution >= 0.6 is 0 Å². The number of urea groups is 1. The Morgan fingerprint density at radius 3 is 2.80 bits per heavy atom. The third kappa shape index (κ3) is 4.60. The van der Waals surface area contributed by atoms with Crippen LogP contribution in [0.1, 0.15) is 30.9 Å². The van der Waals surface area contributed by atoms with E-state index in [0.717, 1.165) is 24.8 Å². The second-order valence-electron chi connectivity index (χ2n) is 6.78. The topological polar surface area (TPSA) is 70.4 Å². The minimum atomic E-state index is -0.288. The number of carbonyl (C=O) groups is 1. The number of carbonyl (C=O) groups excluding carboxylic acids is 1. The van der Waals surface area contributed by atoms with Gasteiger partial charge < -0.3 is 15.3 Å². The Morgan fingerprint density at radius 1 is 1.36 bits per heavy atom. The molecule has 3 rings (SSSR count). The van der Waals surface area contributed by atoms with Crippen molar-refractivity contribution in [1.29, 1.82) is 0 Å². The fraction of sp³-hybridized carbons (Fsp3) is 0.474. The highest BCUT2D eigenvalue weighted by Crippen LogP contribution is 2.26. The summed E-state index contributed by atoms with van der Waals surface area (Å²) in [5.74, 6) is 0.178. The van der Waals surface area contributed by atoms with Gasteiger partial charge in [0.2, 0.25) is 0 Å². The molecule has 6 nitrogen and oxygen atoms in total. The minimum absolute atomic E-state index is 0.125. The summed E-state index contributed by atoms with van der Waals surface area (Å²) in [5, 5.41) is 17.3. The lowest BCUT2D eigenvalue weighted by Crippen LogP contribution is -2.43. The third-order valence-corrected chi connectivity index (χ3v) is 4.90. The highest BCUT2D eigenvalue weighted by atomic mass is 16.3. The number of hydrogen-bond donors (Lipinski definition) is 2. The van der Waals surface area contributed by atoms with Crippen molar-refractivity contribution in [1.82, 2.24) is 20.0 Å². The van der Waals surface area contributed by atoms with Crippen molar-refractivity contribution in [3.63, 3.8) is 0 Å². The van der Waals surface area contributed by atoms with Crippen molar-refractivity contribution in [2.75, 3.05) is 13.6 Å². The molecule has 1 fully saturated rings. The Balaban J connectivity index is 1.65. The average Bonchev–Trinajstić information content (AvgIpc) is 3.27. The maximum Gasteiger partial charge on any atom is 0.317 e. The number of rotatable bonds is 6. The van der Waals surface area contributed by atoms with Crippen molar-refractivity contribution in [2.45, 2.75) is 38.0 Å². The number of aliphatic hydroxyl groups excluding tert-OH is 1. The van der Waals surface area contributed by atoms with Crippen LogP contribution in [0.15, 0.2) is 48.8 Å². The van der Waals surface area contributed by atoms with Gasteiger partial charge in [0.15, 0.2) is 0 Å². The second kappa shape index (κ2) is 8.16. The van der Waals surface area contributed by atoms with Crippen LogP contribution in [0.5, 0.6) is 0 Å². The van der Waals surface area contributed by atoms with E-state index in [1.165, 1.54) is 0 Å². The van der Waals surface area contributed by atoms with E-state index >= 15 is 0 Å². The van der Waals surface area contributed by atoms with Gasteiger partial charge in [-0.2, -0.15) is 5.10 Å². The summed E-state index contributed by atoms with van der Waals surface area (Å²) in [7, 11) is 1.79. The molecule has 1 aromatic carbocycles. The first-order valence-corrected chi connectivity index (χ1v) is 8.85. The predicted molar refractivity (Wildman–Crippen MR) is 95.9 cm³/mol. The molecular weight excluding hydrogens is 316 g/mol. The van der Waals surface area contributed by atoms with E-state index in [1.54, 1.807) is 18.1 Å². The summed E-state index contributed by atoms with van der Waals surface area (Å²) in [6.45, 7) is 1.15. The van der Waals surface area contributed by atoms with Crippen LogP contribution in [0.25, 0.3) is 0 Å². The third-order valence-electron chi connectivity index (χ3n) is 4.90. The number of hydrogen-bond acceptors (Lipinski definition) is 3. The maximum atomic E-state index is 12.7. The Hall–Kier alpha value is -2.34. The Morgan fingerprint density at radius 2 is 2.16 bits per heavy atom. The van der Waals surface area contributed by atoms with E-state index in [-0.39, 0.29) is 24.1 Å². The lowest BCUT2D eigenvalue weighted by Gasteiger charge is -2.27. The smallest absolute Gasteiger partial charge is 0.317 e. The van der Waals surface area contributed by atoms with E-state index in [1.807, 2.05) is 47.3 Å². The van der Waals surface area contributed by atoms with Gasteiger partial charge in [0.25, 0.3) is 0 Å². The largest absolute Gasteiger partial charge is 0.393 e. The highest BCUT2D eigenvalue weighted by molar-refractivity contribution is 5.74. The SMILES string of the molecule is CN(CC1CCCC1O)C(=O)NC(Cn1cccn1)c1ccccc1. The number of aliphatic hydroxyl groups is 1. The lowest BCUT2D eigenvalue weighted by molar-refractivity contribution is 0.113. The molecule has 0 aliphatic heterocycles. The molecule has 1 aliphatic rings. The monoisotopic (exact) mass is 342 g/mol. The second-order valence-corrected chi connectivity index (χ2v) is 6.78. The quantitative estimate of drug-likeness (QED) is 0.847. The Labute approximate surface area is 148 Å². The fourth-order valence-electron chi connectivity index (χ4n) is 3.44. The van der Waals surface area contributed by atoms with E-state index in [0.29, 0.717) is 13.1 Å². The van der Waals surface area contributed by atoms with Gasteiger partial charge in [0, 0.05) is 31.9 Å². The van der Waals surface area contributed by atoms with Crippen LogP contribution in [-0.4, -0.2) is 45.5 Å². The molecule has 2 amide bonds. The van der Waals surface area contributed by atoms with Crippen molar-refractivity contribution in [2.24, 2.45) is 5.92 Å². The number of aromatic nitrogens is 2. The standard InChI is InChI=1S/C19H26N4O2/c1-22(13-16-9-5-10-18(16)24)19(25)21-17(14-23-12-6-11-20-23)15-7-3-2-4-8-15/h2-4,6-8,11-12,16-18,24H,5,9-10,13-14H2,1H3,(H,21,25). The van der Waals surface area contributed by atoms with Gasteiger partial charge in [0.05, 0.1) is 18.7 Å². The van der Waals surface area contributed by atoms with Crippen molar-refractivity contribution >= 4 is 6.03 Å². The van der Waals surface area contributed by atoms with Gasteiger partial charge in [0.1, 0.15) is 0 Å². The summed E-state index contributed by atoms with van der Waals surface area (Å²) in [5.41, 5.74) is 1.04. The summed E-state index contributed by atoms with van der Waals surface area (Å²) < 4.78 is 1.82. The number of nitrogens with one attached hydrogen (secondary N) is 1. The fourth-order valence-corrected chi connectivity index (χ4v) is 3.44. The summed E-state index contributed by atoms with van der Waals surface area (Å²) in [4.78, 5) is 14.3. The molecule has 0 bridgehead atoms. The van der Waals surface area contributed by atoms with Crippen LogP contribution < -0.4 is 5.32 Å². The zero-order chi connectivity index (χ0) is 17.6. The predicted octanol–water partition coefficient (Wildman–Crippen LogP) is 2.43. The average molecular weight is 342 g/mol.